The Bertz CT molecular complexity index is 6150. The standard InChI is InChI=1S/C49H55ClN6O7S.C48H53ClN6O7S/c1-31-4-6-32(7-5-31)36-23-42-44(56(58)59)25-40(26-45(42)62-30-36)64(60,61)53-48(57)41-13-12-38(24-46(41)63-39-22-34-15-17-51-47(34)52-28-39)55-20-18-54(19-21-55)29-35-14-16-49(2,3)27-43(35)33-8-10-37(50)11-9-33;1-48(2)16-14-34(42(27-48)32-8-10-36(49)11-9-32)29-53-18-20-54(21-19-53)37-12-13-40(45(24-37)62-38-22-33-15-17-50-46(33)51-28-38)47(56)52-63(59,60)39-25-43(55(57)58)41-23-35(30-61-44(41)26-39)31-6-4-3-5-7-31/h8-13,15,17,22,24-26,28,31-32,36H,4-7,14,16,18-21,23,27,29-30H2,1-3H3,(H,51,52)(H,53,57);8-13,15,17,22,24-26,28,31,35H,3-7,14,16,18-21,23,27,29-30H2,1-2H3,(H,50,51)(H,52,56)/t;35-/m.1/s1. The molecule has 2 saturated heterocycles. The number of piperazine rings is 2. The number of nitrogens with one attached hydrogen (secondary N) is 4. The van der Waals surface area contributed by atoms with Gasteiger partial charge in [-0.2, -0.15) is 0 Å². The molecule has 4 aliphatic heterocycles. The van der Waals surface area contributed by atoms with Gasteiger partial charge in [-0.3, -0.25) is 39.6 Å². The number of halogens is 2. The molecule has 2 amide bonds. The van der Waals surface area contributed by atoms with E-state index >= 15 is 0 Å². The van der Waals surface area contributed by atoms with Gasteiger partial charge in [0.2, 0.25) is 0 Å². The quantitative estimate of drug-likeness (QED) is 0.0362. The van der Waals surface area contributed by atoms with Crippen LogP contribution >= 0.6 is 23.2 Å². The van der Waals surface area contributed by atoms with E-state index in [1.165, 1.54) is 64.4 Å². The minimum absolute atomic E-state index is 0.0314. The Labute approximate surface area is 750 Å². The number of nitro groups is 2. The third-order valence-corrected chi connectivity index (χ3v) is 30.5. The number of benzene rings is 6. The van der Waals surface area contributed by atoms with Gasteiger partial charge in [0.25, 0.3) is 43.2 Å². The smallest absolute Gasteiger partial charge is 0.277 e. The number of hydrogen-bond donors (Lipinski definition) is 4. The first kappa shape index (κ1) is 88.2. The molecular weight excluding hydrogens is 1690 g/mol. The van der Waals surface area contributed by atoms with E-state index in [1.54, 1.807) is 60.9 Å². The molecule has 0 radical (unpaired) electrons. The van der Waals surface area contributed by atoms with Gasteiger partial charge in [-0.15, -0.1) is 0 Å². The van der Waals surface area contributed by atoms with Crippen molar-refractivity contribution in [3.8, 4) is 34.5 Å². The minimum atomic E-state index is -4.61. The summed E-state index contributed by atoms with van der Waals surface area (Å²) in [6.07, 6.45) is 23.8. The van der Waals surface area contributed by atoms with Crippen LogP contribution < -0.4 is 38.2 Å². The van der Waals surface area contributed by atoms with Crippen molar-refractivity contribution in [3.05, 3.63) is 233 Å². The number of allylic oxidation sites excluding steroid dienone is 2. The summed E-state index contributed by atoms with van der Waals surface area (Å²) in [5.74, 6) is 1.11. The van der Waals surface area contributed by atoms with E-state index in [0.29, 0.717) is 77.7 Å². The van der Waals surface area contributed by atoms with Gasteiger partial charge >= 0.3 is 0 Å². The van der Waals surface area contributed by atoms with Gasteiger partial charge in [-0.05, 0) is 188 Å². The van der Waals surface area contributed by atoms with Crippen molar-refractivity contribution in [2.45, 2.75) is 154 Å². The molecule has 10 aromatic rings. The first-order valence-corrected chi connectivity index (χ1v) is 48.1. The Morgan fingerprint density at radius 2 is 0.929 bits per heavy atom. The van der Waals surface area contributed by atoms with Crippen LogP contribution in [0.25, 0.3) is 33.2 Å². The Balaban J connectivity index is 0.000000179. The van der Waals surface area contributed by atoms with Crippen molar-refractivity contribution in [2.75, 3.05) is 88.5 Å². The average Bonchev–Trinajstić information content (AvgIpc) is 1.31. The normalized spacial score (nSPS) is 20.6. The highest BCUT2D eigenvalue weighted by Gasteiger charge is 2.40. The number of sulfonamides is 2. The monoisotopic (exact) mass is 1800 g/mol. The molecule has 4 aromatic heterocycles. The maximum Gasteiger partial charge on any atom is 0.277 e. The lowest BCUT2D eigenvalue weighted by Gasteiger charge is -2.39. The lowest BCUT2D eigenvalue weighted by atomic mass is 9.72. The van der Waals surface area contributed by atoms with E-state index in [-0.39, 0.29) is 68.2 Å². The van der Waals surface area contributed by atoms with Crippen molar-refractivity contribution < 1.29 is 55.2 Å². The molecule has 127 heavy (non-hydrogen) atoms. The van der Waals surface area contributed by atoms with Crippen LogP contribution in [0, 0.1) is 60.6 Å². The summed E-state index contributed by atoms with van der Waals surface area (Å²) in [4.78, 5) is 75.4. The first-order chi connectivity index (χ1) is 61.0. The Morgan fingerprint density at radius 1 is 0.520 bits per heavy atom. The lowest BCUT2D eigenvalue weighted by Crippen LogP contribution is -2.47. The number of amides is 2. The van der Waals surface area contributed by atoms with Crippen LogP contribution in [0.1, 0.15) is 174 Å². The number of fused-ring (bicyclic) bond motifs is 4. The fourth-order valence-electron chi connectivity index (χ4n) is 20.0. The van der Waals surface area contributed by atoms with Crippen LogP contribution in [0.4, 0.5) is 22.7 Å². The summed E-state index contributed by atoms with van der Waals surface area (Å²) in [5, 5.41) is 27.8. The Hall–Kier alpha value is -10.9. The van der Waals surface area contributed by atoms with Crippen LogP contribution in [-0.4, -0.2) is 147 Å². The molecule has 4 aliphatic carbocycles. The molecule has 1 unspecified atom stereocenters. The molecule has 0 bridgehead atoms. The van der Waals surface area contributed by atoms with E-state index < -0.39 is 51.5 Å². The van der Waals surface area contributed by atoms with E-state index in [0.717, 1.165) is 200 Å². The maximum absolute atomic E-state index is 14.1. The number of H-pyrrole nitrogens is 2. The molecule has 30 heteroatoms. The molecular formula is C97H108Cl2N12O14S2. The number of ether oxygens (including phenoxy) is 4. The van der Waals surface area contributed by atoms with Gasteiger partial charge in [0.05, 0.1) is 67.5 Å². The zero-order chi connectivity index (χ0) is 88.6. The van der Waals surface area contributed by atoms with Gasteiger partial charge in [0.1, 0.15) is 45.8 Å². The highest BCUT2D eigenvalue weighted by Crippen LogP contribution is 2.49. The van der Waals surface area contributed by atoms with Crippen LogP contribution in [0.5, 0.6) is 34.5 Å². The number of nitrogens with zero attached hydrogens (tertiary/aromatic N) is 8. The van der Waals surface area contributed by atoms with Crippen molar-refractivity contribution in [3.63, 3.8) is 0 Å². The number of aromatic nitrogens is 4. The summed E-state index contributed by atoms with van der Waals surface area (Å²) < 4.78 is 84.9. The third-order valence-electron chi connectivity index (χ3n) is 27.4. The van der Waals surface area contributed by atoms with Crippen molar-refractivity contribution in [2.24, 2.45) is 40.4 Å². The SMILES string of the molecule is CC1(C)CCC(CN2CCN(c3ccc(C(=O)NS(=O)(=O)c4cc5c(c([N+](=O)[O-])c4)C[C@@H](C4CCCCC4)CO5)c(Oc4cnc5[nH]ccc5c4)c3)CC2)=C(c2ccc(Cl)cc2)C1.CC1CCC(C2COc3cc(S(=O)(=O)NC(=O)c4ccc(N5CCN(CC6=C(c7ccc(Cl)cc7)CC(C)(C)CC6)CC5)cc4Oc4cnc5[nH]ccc5c4)cc([N+](=O)[O-])c3C2)CC1. The van der Waals surface area contributed by atoms with Crippen LogP contribution in [0.15, 0.2) is 179 Å². The molecule has 8 aliphatic rings. The number of rotatable bonds is 22. The summed E-state index contributed by atoms with van der Waals surface area (Å²) in [5.41, 5.74) is 11.7. The maximum atomic E-state index is 14.1. The van der Waals surface area contributed by atoms with Gasteiger partial charge in [-0.1, -0.05) is 138 Å². The topological polar surface area (TPSA) is 320 Å². The lowest BCUT2D eigenvalue weighted by molar-refractivity contribution is -0.386. The fraction of sp³-hybridized carbons (Fsp3) is 0.423. The van der Waals surface area contributed by atoms with Crippen molar-refractivity contribution in [1.29, 1.82) is 0 Å². The molecule has 2 atom stereocenters. The predicted octanol–water partition coefficient (Wildman–Crippen LogP) is 20.2. The molecule has 6 aromatic carbocycles. The minimum Gasteiger partial charge on any atom is -0.493 e. The zero-order valence-corrected chi connectivity index (χ0v) is 75.4. The zero-order valence-electron chi connectivity index (χ0n) is 72.3. The number of anilines is 2. The van der Waals surface area contributed by atoms with Gasteiger partial charge in [0, 0.05) is 158 Å². The van der Waals surface area contributed by atoms with Gasteiger partial charge in [0.15, 0.2) is 0 Å². The van der Waals surface area contributed by atoms with E-state index in [1.807, 2.05) is 36.4 Å². The number of nitro benzene ring substituents is 2. The summed E-state index contributed by atoms with van der Waals surface area (Å²) >= 11 is 12.5. The summed E-state index contributed by atoms with van der Waals surface area (Å²) in [6.45, 7) is 20.3. The van der Waals surface area contributed by atoms with Crippen LogP contribution in [0.3, 0.4) is 0 Å². The molecule has 26 nitrogen and oxygen atoms in total. The number of carbonyl (C=O) groups excluding carboxylic acids is 2. The van der Waals surface area contributed by atoms with Crippen LogP contribution in [0.2, 0.25) is 10.0 Å². The van der Waals surface area contributed by atoms with Gasteiger partial charge in [-0.25, -0.2) is 36.2 Å². The molecule has 8 heterocycles. The van der Waals surface area contributed by atoms with E-state index in [2.05, 4.69) is 108 Å². The number of hydrogen-bond acceptors (Lipinski definition) is 20. The molecule has 4 N–H and O–H groups in total. The molecule has 2 saturated carbocycles. The Kier molecular flexibility index (Phi) is 25.7. The second kappa shape index (κ2) is 37.1. The van der Waals surface area contributed by atoms with E-state index in [4.69, 9.17) is 42.1 Å². The number of carbonyl (C=O) groups is 2. The largest absolute Gasteiger partial charge is 0.493 e. The third kappa shape index (κ3) is 20.3. The molecule has 18 rings (SSSR count). The second-order valence-electron chi connectivity index (χ2n) is 37.3. The molecule has 666 valence electrons. The highest BCUT2D eigenvalue weighted by molar-refractivity contribution is 7.90. The highest BCUT2D eigenvalue weighted by atomic mass is 35.5. The molecule has 4 fully saturated rings. The average molecular weight is 1800 g/mol. The summed E-state index contributed by atoms with van der Waals surface area (Å²) in [7, 11) is -9.21. The Morgan fingerprint density at radius 3 is 1.34 bits per heavy atom. The predicted molar refractivity (Wildman–Crippen MR) is 493 cm³/mol. The van der Waals surface area contributed by atoms with Crippen molar-refractivity contribution in [1.82, 2.24) is 39.2 Å². The van der Waals surface area contributed by atoms with Gasteiger partial charge < -0.3 is 38.7 Å². The second-order valence-corrected chi connectivity index (χ2v) is 41.6. The van der Waals surface area contributed by atoms with Crippen molar-refractivity contribution >= 4 is 111 Å². The number of pyridine rings is 2. The first-order valence-electron chi connectivity index (χ1n) is 44.4. The van der Waals surface area contributed by atoms with Crippen LogP contribution in [-0.2, 0) is 32.9 Å². The fourth-order valence-corrected chi connectivity index (χ4v) is 22.2. The van der Waals surface area contributed by atoms with E-state index in [9.17, 15) is 46.7 Å². The molecule has 0 spiro atoms. The number of aromatic amines is 2. The summed E-state index contributed by atoms with van der Waals surface area (Å²) in [6, 6.07) is 38.5.